The van der Waals surface area contributed by atoms with Crippen molar-refractivity contribution >= 4 is 87.3 Å². The lowest BCUT2D eigenvalue weighted by molar-refractivity contribution is 1.62. The van der Waals surface area contributed by atoms with Crippen LogP contribution >= 0.6 is 22.7 Å². The molecule has 0 saturated heterocycles. The molecule has 0 unspecified atom stereocenters. The van der Waals surface area contributed by atoms with Crippen LogP contribution in [0.1, 0.15) is 22.3 Å². The van der Waals surface area contributed by atoms with Gasteiger partial charge in [-0.05, 0) is 46.5 Å². The van der Waals surface area contributed by atoms with Crippen LogP contribution in [-0.4, -0.2) is 0 Å². The Bertz CT molecular complexity index is 1940. The van der Waals surface area contributed by atoms with E-state index in [-0.39, 0.29) is 0 Å². The number of rotatable bonds is 6. The second-order valence-electron chi connectivity index (χ2n) is 9.81. The van der Waals surface area contributed by atoms with Gasteiger partial charge in [-0.2, -0.15) is 0 Å². The Kier molecular flexibility index (Phi) is 6.71. The highest BCUT2D eigenvalue weighted by Gasteiger charge is 2.05. The van der Waals surface area contributed by atoms with Crippen LogP contribution in [0, 0.1) is 0 Å². The highest BCUT2D eigenvalue weighted by molar-refractivity contribution is 7.26. The van der Waals surface area contributed by atoms with E-state index in [1.165, 1.54) is 62.6 Å². The van der Waals surface area contributed by atoms with Crippen LogP contribution in [0.3, 0.4) is 0 Å². The fourth-order valence-electron chi connectivity index (χ4n) is 5.08. The Morgan fingerprint density at radius 1 is 0.325 bits per heavy atom. The van der Waals surface area contributed by atoms with Crippen molar-refractivity contribution in [2.75, 3.05) is 0 Å². The second kappa shape index (κ2) is 10.9. The summed E-state index contributed by atoms with van der Waals surface area (Å²) in [5.41, 5.74) is 4.82. The molecular weight excluding hydrogens is 521 g/mol. The zero-order chi connectivity index (χ0) is 26.7. The van der Waals surface area contributed by atoms with Crippen LogP contribution < -0.4 is 0 Å². The summed E-state index contributed by atoms with van der Waals surface area (Å²) in [5, 5.41) is 5.37. The molecule has 7 rings (SSSR count). The molecule has 0 N–H and O–H groups in total. The molecule has 2 heterocycles. The molecule has 2 aromatic heterocycles. The molecule has 40 heavy (non-hydrogen) atoms. The summed E-state index contributed by atoms with van der Waals surface area (Å²) in [5.74, 6) is 0. The first-order chi connectivity index (χ1) is 19.8. The molecule has 7 aromatic rings. The van der Waals surface area contributed by atoms with Crippen LogP contribution in [-0.2, 0) is 0 Å². The Labute approximate surface area is 242 Å². The van der Waals surface area contributed by atoms with E-state index in [1.54, 1.807) is 0 Å². The van der Waals surface area contributed by atoms with Gasteiger partial charge in [-0.25, -0.2) is 0 Å². The van der Waals surface area contributed by atoms with Gasteiger partial charge >= 0.3 is 0 Å². The lowest BCUT2D eigenvalue weighted by atomic mass is 10.1. The van der Waals surface area contributed by atoms with Gasteiger partial charge in [-0.15, -0.1) is 22.7 Å². The standard InChI is InChI=1S/C38H26S2/c1(3-11-29-21-23-33-31-13-5-7-15-35(31)39-37(33)25-29)9-27-17-19-28(20-18-27)10-2-4-12-30-22-24-34-32-14-6-8-16-36(32)40-38(34)26-30/h1-26H/b9-1+,10-2+,11-3+,12-4+. The summed E-state index contributed by atoms with van der Waals surface area (Å²) in [6, 6.07) is 39.3. The molecule has 2 heteroatoms. The molecule has 0 amide bonds. The van der Waals surface area contributed by atoms with Crippen LogP contribution in [0.4, 0.5) is 0 Å². The minimum atomic E-state index is 1.19. The van der Waals surface area contributed by atoms with E-state index in [0.29, 0.717) is 0 Å². The normalized spacial score (nSPS) is 12.6. The number of hydrogen-bond donors (Lipinski definition) is 0. The SMILES string of the molecule is C(/C=C/c1ccc2c(c1)sc1ccccc12)=C\c1ccc(/C=C/C=C/c2ccc3c(c2)sc2ccccc23)cc1. The zero-order valence-electron chi connectivity index (χ0n) is 21.8. The first-order valence-electron chi connectivity index (χ1n) is 13.4. The summed E-state index contributed by atoms with van der Waals surface area (Å²) >= 11 is 3.72. The summed E-state index contributed by atoms with van der Waals surface area (Å²) < 4.78 is 5.36. The van der Waals surface area contributed by atoms with E-state index in [0.717, 1.165) is 0 Å². The van der Waals surface area contributed by atoms with E-state index in [1.807, 2.05) is 22.7 Å². The zero-order valence-corrected chi connectivity index (χ0v) is 23.5. The molecule has 0 radical (unpaired) electrons. The lowest BCUT2D eigenvalue weighted by Crippen LogP contribution is -1.74. The molecule has 0 atom stereocenters. The molecule has 5 aromatic carbocycles. The number of fused-ring (bicyclic) bond motifs is 6. The molecule has 0 fully saturated rings. The van der Waals surface area contributed by atoms with E-state index >= 15 is 0 Å². The largest absolute Gasteiger partial charge is 0.135 e. The minimum Gasteiger partial charge on any atom is -0.135 e. The number of hydrogen-bond acceptors (Lipinski definition) is 2. The van der Waals surface area contributed by atoms with Crippen molar-refractivity contribution in [3.8, 4) is 0 Å². The summed E-state index contributed by atoms with van der Waals surface area (Å²) in [6.07, 6.45) is 17.1. The van der Waals surface area contributed by atoms with Gasteiger partial charge in [0.25, 0.3) is 0 Å². The highest BCUT2D eigenvalue weighted by atomic mass is 32.1. The number of thiophene rings is 2. The average molecular weight is 547 g/mol. The predicted molar refractivity (Wildman–Crippen MR) is 181 cm³/mol. The van der Waals surface area contributed by atoms with Crippen molar-refractivity contribution in [1.29, 1.82) is 0 Å². The maximum absolute atomic E-state index is 2.28. The smallest absolute Gasteiger partial charge is 0.0361 e. The fourth-order valence-corrected chi connectivity index (χ4v) is 7.39. The first-order valence-corrected chi connectivity index (χ1v) is 15.1. The molecular formula is C38H26S2. The Morgan fingerprint density at radius 3 is 1.12 bits per heavy atom. The summed E-state index contributed by atoms with van der Waals surface area (Å²) in [7, 11) is 0. The van der Waals surface area contributed by atoms with Crippen molar-refractivity contribution in [2.24, 2.45) is 0 Å². The third-order valence-electron chi connectivity index (χ3n) is 7.12. The Balaban J connectivity index is 0.974. The second-order valence-corrected chi connectivity index (χ2v) is 12.0. The van der Waals surface area contributed by atoms with Gasteiger partial charge in [0, 0.05) is 40.3 Å². The topological polar surface area (TPSA) is 0 Å². The van der Waals surface area contributed by atoms with Gasteiger partial charge in [-0.1, -0.05) is 134 Å². The molecule has 0 saturated carbocycles. The van der Waals surface area contributed by atoms with Crippen LogP contribution in [0.15, 0.2) is 133 Å². The van der Waals surface area contributed by atoms with Gasteiger partial charge in [0.1, 0.15) is 0 Å². The number of benzene rings is 5. The third kappa shape index (κ3) is 5.08. The number of allylic oxidation sites excluding steroid dienone is 4. The van der Waals surface area contributed by atoms with E-state index < -0.39 is 0 Å². The van der Waals surface area contributed by atoms with Crippen LogP contribution in [0.25, 0.3) is 64.6 Å². The Hall–Kier alpha value is -4.50. The molecule has 0 nitrogen and oxygen atoms in total. The fraction of sp³-hybridized carbons (Fsp3) is 0. The average Bonchev–Trinajstić information content (AvgIpc) is 3.55. The van der Waals surface area contributed by atoms with Crippen molar-refractivity contribution < 1.29 is 0 Å². The molecule has 0 bridgehead atoms. The van der Waals surface area contributed by atoms with E-state index in [4.69, 9.17) is 0 Å². The maximum atomic E-state index is 2.28. The quantitative estimate of drug-likeness (QED) is 0.182. The van der Waals surface area contributed by atoms with Gasteiger partial charge < -0.3 is 0 Å². The monoisotopic (exact) mass is 546 g/mol. The Morgan fingerprint density at radius 2 is 0.675 bits per heavy atom. The van der Waals surface area contributed by atoms with Crippen molar-refractivity contribution in [1.82, 2.24) is 0 Å². The molecule has 0 aliphatic rings. The molecule has 0 spiro atoms. The van der Waals surface area contributed by atoms with E-state index in [2.05, 4.69) is 158 Å². The molecule has 0 aliphatic carbocycles. The van der Waals surface area contributed by atoms with Gasteiger partial charge in [0.15, 0.2) is 0 Å². The van der Waals surface area contributed by atoms with Gasteiger partial charge in [-0.3, -0.25) is 0 Å². The lowest BCUT2D eigenvalue weighted by Gasteiger charge is -1.96. The van der Waals surface area contributed by atoms with Crippen molar-refractivity contribution in [2.45, 2.75) is 0 Å². The van der Waals surface area contributed by atoms with Crippen LogP contribution in [0.5, 0.6) is 0 Å². The van der Waals surface area contributed by atoms with Gasteiger partial charge in [0.05, 0.1) is 0 Å². The predicted octanol–water partition coefficient (Wildman–Crippen LogP) is 11.9. The highest BCUT2D eigenvalue weighted by Crippen LogP contribution is 2.35. The van der Waals surface area contributed by atoms with Crippen LogP contribution in [0.2, 0.25) is 0 Å². The summed E-state index contributed by atoms with van der Waals surface area (Å²) in [6.45, 7) is 0. The molecule has 190 valence electrons. The van der Waals surface area contributed by atoms with Gasteiger partial charge in [0.2, 0.25) is 0 Å². The van der Waals surface area contributed by atoms with E-state index in [9.17, 15) is 0 Å². The maximum Gasteiger partial charge on any atom is 0.0361 e. The van der Waals surface area contributed by atoms with Crippen molar-refractivity contribution in [3.05, 3.63) is 156 Å². The molecule has 0 aliphatic heterocycles. The third-order valence-corrected chi connectivity index (χ3v) is 9.39. The summed E-state index contributed by atoms with van der Waals surface area (Å²) in [4.78, 5) is 0. The van der Waals surface area contributed by atoms with Crippen molar-refractivity contribution in [3.63, 3.8) is 0 Å². The minimum absolute atomic E-state index is 1.19. The first kappa shape index (κ1) is 24.5.